The zero-order valence-corrected chi connectivity index (χ0v) is 37.4. The van der Waals surface area contributed by atoms with Crippen molar-refractivity contribution in [2.45, 2.75) is 210 Å². The Morgan fingerprint density at radius 1 is 0.536 bits per heavy atom. The maximum atomic E-state index is 15.9. The zero-order chi connectivity index (χ0) is 39.5. The van der Waals surface area contributed by atoms with E-state index in [0.29, 0.717) is 17.8 Å². The monoisotopic (exact) mass is 779 g/mol. The van der Waals surface area contributed by atoms with Crippen LogP contribution in [0.15, 0.2) is 69.3 Å². The summed E-state index contributed by atoms with van der Waals surface area (Å²) in [4.78, 5) is 20.0. The SMILES string of the molecule is CCCCc1cc(CCCC)c(S(OC(=O)C23CC4CC(CC(C4)C2)C3)(c2ccccc2)c2c(CCCC)cc(CCCC)cc2CCCC)c(CCCC)c1. The van der Waals surface area contributed by atoms with E-state index in [0.717, 1.165) is 109 Å². The second kappa shape index (κ2) is 20.4. The van der Waals surface area contributed by atoms with Crippen LogP contribution in [0.5, 0.6) is 0 Å². The minimum atomic E-state index is -2.49. The van der Waals surface area contributed by atoms with Crippen LogP contribution < -0.4 is 0 Å². The van der Waals surface area contributed by atoms with Gasteiger partial charge in [-0.15, -0.1) is 0 Å². The van der Waals surface area contributed by atoms with E-state index in [1.54, 1.807) is 0 Å². The summed E-state index contributed by atoms with van der Waals surface area (Å²) in [7, 11) is -2.49. The van der Waals surface area contributed by atoms with Crippen molar-refractivity contribution < 1.29 is 8.98 Å². The largest absolute Gasteiger partial charge is 0.401 e. The molecule has 3 heteroatoms. The minimum Gasteiger partial charge on any atom is -0.401 e. The van der Waals surface area contributed by atoms with Crippen LogP contribution in [-0.2, 0) is 47.5 Å². The average molecular weight is 779 g/mol. The summed E-state index contributed by atoms with van der Waals surface area (Å²) in [6, 6.07) is 21.7. The Bertz CT molecular complexity index is 1530. The molecular formula is C53H78O2S. The van der Waals surface area contributed by atoms with E-state index in [9.17, 15) is 0 Å². The Labute approximate surface area is 345 Å². The van der Waals surface area contributed by atoms with Crippen molar-refractivity contribution in [3.05, 3.63) is 88.0 Å². The number of carbonyl (C=O) groups is 1. The Morgan fingerprint density at radius 3 is 1.21 bits per heavy atom. The lowest BCUT2D eigenvalue weighted by atomic mass is 9.49. The highest BCUT2D eigenvalue weighted by Crippen LogP contribution is 2.74. The molecule has 4 aliphatic rings. The third kappa shape index (κ3) is 9.50. The molecule has 4 bridgehead atoms. The Kier molecular flexibility index (Phi) is 15.7. The summed E-state index contributed by atoms with van der Waals surface area (Å²) >= 11 is 0. The van der Waals surface area contributed by atoms with Gasteiger partial charge in [0.15, 0.2) is 0 Å². The van der Waals surface area contributed by atoms with E-state index >= 15 is 4.79 Å². The molecule has 0 unspecified atom stereocenters. The quantitative estimate of drug-likeness (QED) is 0.0958. The zero-order valence-electron chi connectivity index (χ0n) is 36.6. The van der Waals surface area contributed by atoms with Crippen LogP contribution in [-0.4, -0.2) is 5.97 Å². The molecule has 0 radical (unpaired) electrons. The lowest BCUT2D eigenvalue weighted by Crippen LogP contribution is -2.50. The highest BCUT2D eigenvalue weighted by molar-refractivity contribution is 8.30. The van der Waals surface area contributed by atoms with Crippen LogP contribution >= 0.6 is 10.3 Å². The Hall–Kier alpha value is -2.52. The first-order valence-electron chi connectivity index (χ1n) is 23.8. The van der Waals surface area contributed by atoms with Gasteiger partial charge in [0.05, 0.1) is 5.41 Å². The molecule has 0 aromatic heterocycles. The van der Waals surface area contributed by atoms with E-state index in [1.165, 1.54) is 93.0 Å². The molecule has 2 nitrogen and oxygen atoms in total. The summed E-state index contributed by atoms with van der Waals surface area (Å²) < 4.78 is 8.05. The van der Waals surface area contributed by atoms with E-state index in [4.69, 9.17) is 4.18 Å². The molecule has 7 rings (SSSR count). The molecule has 3 aromatic rings. The number of aryl methyl sites for hydroxylation is 6. The molecule has 4 fully saturated rings. The Balaban J connectivity index is 1.73. The van der Waals surface area contributed by atoms with Gasteiger partial charge < -0.3 is 4.18 Å². The van der Waals surface area contributed by atoms with Crippen LogP contribution in [0.1, 0.15) is 190 Å². The molecule has 0 atom stereocenters. The second-order valence-electron chi connectivity index (χ2n) is 18.5. The third-order valence-corrected chi connectivity index (χ3v) is 17.3. The molecule has 0 heterocycles. The molecule has 0 amide bonds. The second-order valence-corrected chi connectivity index (χ2v) is 21.1. The molecule has 0 aliphatic heterocycles. The van der Waals surface area contributed by atoms with Crippen LogP contribution in [0.4, 0.5) is 0 Å². The van der Waals surface area contributed by atoms with Crippen LogP contribution in [0.25, 0.3) is 0 Å². The topological polar surface area (TPSA) is 26.3 Å². The van der Waals surface area contributed by atoms with Gasteiger partial charge >= 0.3 is 5.97 Å². The first-order chi connectivity index (χ1) is 27.3. The lowest BCUT2D eigenvalue weighted by molar-refractivity contribution is -0.160. The van der Waals surface area contributed by atoms with Gasteiger partial charge in [-0.25, -0.2) is 0 Å². The normalized spacial score (nSPS) is 21.8. The van der Waals surface area contributed by atoms with Gasteiger partial charge in [-0.3, -0.25) is 4.79 Å². The van der Waals surface area contributed by atoms with Gasteiger partial charge in [0.2, 0.25) is 0 Å². The smallest absolute Gasteiger partial charge is 0.323 e. The number of hydrogen-bond donors (Lipinski definition) is 0. The molecule has 4 aliphatic carbocycles. The predicted octanol–water partition coefficient (Wildman–Crippen LogP) is 15.7. The van der Waals surface area contributed by atoms with Gasteiger partial charge in [0, 0.05) is 14.7 Å². The molecule has 0 N–H and O–H groups in total. The van der Waals surface area contributed by atoms with Crippen molar-refractivity contribution in [3.63, 3.8) is 0 Å². The standard InChI is InChI=1S/C53H78O2S/c1-7-13-22-40-33-45(24-15-9-3)50(46(34-40)25-16-10-4)56(49-28-20-19-21-29-49,55-52(54)53-37-42-30-43(38-53)32-44(31-42)39-53)51-47(26-17-11-5)35-41(23-14-8-2)36-48(51)27-18-12-6/h19-21,28-29,33-36,42-44H,7-18,22-27,30-32,37-39H2,1-6H3. The first kappa shape index (κ1) is 43.1. The van der Waals surface area contributed by atoms with Crippen molar-refractivity contribution in [1.82, 2.24) is 0 Å². The van der Waals surface area contributed by atoms with E-state index < -0.39 is 10.3 Å². The number of hydrogen-bond acceptors (Lipinski definition) is 2. The maximum absolute atomic E-state index is 15.9. The molecule has 308 valence electrons. The van der Waals surface area contributed by atoms with Crippen LogP contribution in [0.3, 0.4) is 0 Å². The highest BCUT2D eigenvalue weighted by Gasteiger charge is 2.57. The number of rotatable bonds is 23. The summed E-state index contributed by atoms with van der Waals surface area (Å²) in [5, 5.41) is 0. The first-order valence-corrected chi connectivity index (χ1v) is 25.3. The average Bonchev–Trinajstić information content (AvgIpc) is 3.20. The molecule has 0 spiro atoms. The maximum Gasteiger partial charge on any atom is 0.323 e. The summed E-state index contributed by atoms with van der Waals surface area (Å²) in [5.74, 6) is 2.20. The highest BCUT2D eigenvalue weighted by atomic mass is 32.3. The van der Waals surface area contributed by atoms with Crippen molar-refractivity contribution in [1.29, 1.82) is 0 Å². The minimum absolute atomic E-state index is 0.145. The fourth-order valence-corrected chi connectivity index (χ4v) is 15.3. The van der Waals surface area contributed by atoms with E-state index in [2.05, 4.69) is 96.1 Å². The number of carbonyl (C=O) groups excluding carboxylic acids is 1. The van der Waals surface area contributed by atoms with Crippen LogP contribution in [0.2, 0.25) is 0 Å². The Morgan fingerprint density at radius 2 is 0.875 bits per heavy atom. The summed E-state index contributed by atoms with van der Waals surface area (Å²) in [5.41, 5.74) is 8.46. The summed E-state index contributed by atoms with van der Waals surface area (Å²) in [6.07, 6.45) is 27.4. The van der Waals surface area contributed by atoms with Gasteiger partial charge in [0.25, 0.3) is 0 Å². The van der Waals surface area contributed by atoms with Gasteiger partial charge in [0.1, 0.15) is 0 Å². The number of benzene rings is 3. The molecule has 0 saturated heterocycles. The van der Waals surface area contributed by atoms with Gasteiger partial charge in [-0.2, -0.15) is 0 Å². The van der Waals surface area contributed by atoms with Crippen molar-refractivity contribution in [3.8, 4) is 0 Å². The lowest BCUT2D eigenvalue weighted by Gasteiger charge is -2.56. The van der Waals surface area contributed by atoms with Gasteiger partial charge in [-0.1, -0.05) is 123 Å². The fraction of sp³-hybridized carbons (Fsp3) is 0.642. The fourth-order valence-electron chi connectivity index (χ4n) is 11.3. The van der Waals surface area contributed by atoms with Crippen molar-refractivity contribution >= 4 is 16.3 Å². The van der Waals surface area contributed by atoms with Gasteiger partial charge in [-0.05, 0) is 189 Å². The molecule has 4 saturated carbocycles. The number of unbranched alkanes of at least 4 members (excludes halogenated alkanes) is 6. The predicted molar refractivity (Wildman–Crippen MR) is 240 cm³/mol. The molecular weight excluding hydrogens is 701 g/mol. The summed E-state index contributed by atoms with van der Waals surface area (Å²) in [6.45, 7) is 14.0. The van der Waals surface area contributed by atoms with Crippen molar-refractivity contribution in [2.75, 3.05) is 0 Å². The van der Waals surface area contributed by atoms with E-state index in [-0.39, 0.29) is 11.4 Å². The van der Waals surface area contributed by atoms with E-state index in [1.807, 2.05) is 0 Å². The third-order valence-electron chi connectivity index (χ3n) is 13.8. The van der Waals surface area contributed by atoms with Crippen LogP contribution in [0, 0.1) is 23.2 Å². The molecule has 3 aromatic carbocycles. The van der Waals surface area contributed by atoms with Crippen molar-refractivity contribution in [2.24, 2.45) is 23.2 Å². The molecule has 56 heavy (non-hydrogen) atoms.